The molecule has 0 aromatic carbocycles. The van der Waals surface area contributed by atoms with Crippen molar-refractivity contribution in [1.29, 1.82) is 0 Å². The number of hydrogen-bond donors (Lipinski definition) is 0. The van der Waals surface area contributed by atoms with Crippen molar-refractivity contribution < 1.29 is 9.59 Å². The second-order valence-electron chi connectivity index (χ2n) is 9.67. The van der Waals surface area contributed by atoms with Crippen molar-refractivity contribution in [3.05, 3.63) is 18.0 Å². The largest absolute Gasteiger partial charge is 0.343 e. The molecule has 7 nitrogen and oxygen atoms in total. The molecular formula is C22H37N5O2. The Labute approximate surface area is 175 Å². The van der Waals surface area contributed by atoms with E-state index in [1.807, 2.05) is 7.05 Å². The third-order valence-electron chi connectivity index (χ3n) is 6.38. The molecular weight excluding hydrogens is 366 g/mol. The highest BCUT2D eigenvalue weighted by molar-refractivity contribution is 5.93. The van der Waals surface area contributed by atoms with Gasteiger partial charge < -0.3 is 9.80 Å². The van der Waals surface area contributed by atoms with E-state index in [9.17, 15) is 9.59 Å². The van der Waals surface area contributed by atoms with Crippen LogP contribution in [-0.4, -0.2) is 82.1 Å². The van der Waals surface area contributed by atoms with E-state index in [2.05, 4.69) is 30.8 Å². The summed E-state index contributed by atoms with van der Waals surface area (Å²) in [5.41, 5.74) is 0.426. The van der Waals surface area contributed by atoms with Gasteiger partial charge in [-0.15, -0.1) is 0 Å². The molecule has 0 N–H and O–H groups in total. The van der Waals surface area contributed by atoms with Crippen LogP contribution >= 0.6 is 0 Å². The summed E-state index contributed by atoms with van der Waals surface area (Å²) in [4.78, 5) is 31.7. The van der Waals surface area contributed by atoms with Gasteiger partial charge >= 0.3 is 0 Å². The normalized spacial score (nSPS) is 20.9. The van der Waals surface area contributed by atoms with E-state index in [4.69, 9.17) is 0 Å². The molecule has 1 saturated carbocycles. The molecule has 1 aromatic rings. The molecule has 1 aliphatic heterocycles. The van der Waals surface area contributed by atoms with Crippen LogP contribution in [-0.2, 0) is 10.3 Å². The molecule has 1 saturated heterocycles. The van der Waals surface area contributed by atoms with Crippen LogP contribution in [0.1, 0.15) is 69.7 Å². The molecule has 2 heterocycles. The fraction of sp³-hybridized carbons (Fsp3) is 0.773. The van der Waals surface area contributed by atoms with E-state index < -0.39 is 0 Å². The highest BCUT2D eigenvalue weighted by Gasteiger charge is 2.37. The van der Waals surface area contributed by atoms with Crippen LogP contribution in [0, 0.1) is 0 Å². The first-order valence-electron chi connectivity index (χ1n) is 11.0. The molecule has 0 radical (unpaired) electrons. The van der Waals surface area contributed by atoms with Crippen molar-refractivity contribution in [2.45, 2.75) is 76.9 Å². The monoisotopic (exact) mass is 403 g/mol. The van der Waals surface area contributed by atoms with Crippen molar-refractivity contribution in [2.24, 2.45) is 0 Å². The molecule has 7 heteroatoms. The number of likely N-dealkylation sites (N-methyl/N-ethyl adjacent to an activating group) is 2. The number of nitrogens with zero attached hydrogens (tertiary/aromatic N) is 5. The molecule has 2 amide bonds. The maximum atomic E-state index is 13.0. The standard InChI is InChI=1S/C22H37N5O2/c1-22(2,3)27-16-17(15-23-27)20(28)24(4)13-14-25(5)21(29)19-11-8-12-26(19)18-9-6-7-10-18/h15-16,18-19H,6-14H2,1-5H3. The van der Waals surface area contributed by atoms with Gasteiger partial charge in [0.25, 0.3) is 5.91 Å². The van der Waals surface area contributed by atoms with Gasteiger partial charge in [-0.25, -0.2) is 0 Å². The van der Waals surface area contributed by atoms with E-state index >= 15 is 0 Å². The number of rotatable bonds is 6. The van der Waals surface area contributed by atoms with Gasteiger partial charge in [0.05, 0.1) is 23.3 Å². The maximum Gasteiger partial charge on any atom is 0.256 e. The summed E-state index contributed by atoms with van der Waals surface area (Å²) in [6.07, 6.45) is 10.5. The van der Waals surface area contributed by atoms with Crippen molar-refractivity contribution in [2.75, 3.05) is 33.7 Å². The van der Waals surface area contributed by atoms with Crippen LogP contribution < -0.4 is 0 Å². The molecule has 1 aromatic heterocycles. The minimum Gasteiger partial charge on any atom is -0.343 e. The van der Waals surface area contributed by atoms with E-state index in [1.54, 1.807) is 33.9 Å². The SMILES string of the molecule is CN(CCN(C)C(=O)C1CCCN1C1CCCC1)C(=O)c1cnn(C(C)(C)C)c1. The average molecular weight is 404 g/mol. The zero-order chi connectivity index (χ0) is 21.2. The van der Waals surface area contributed by atoms with Gasteiger partial charge in [0.1, 0.15) is 0 Å². The summed E-state index contributed by atoms with van der Waals surface area (Å²) in [6, 6.07) is 0.609. The Morgan fingerprint density at radius 1 is 1.07 bits per heavy atom. The third kappa shape index (κ3) is 5.00. The lowest BCUT2D eigenvalue weighted by Gasteiger charge is -2.32. The summed E-state index contributed by atoms with van der Waals surface area (Å²) in [5, 5.41) is 4.31. The minimum absolute atomic E-state index is 0.0223. The Bertz CT molecular complexity index is 717. The lowest BCUT2D eigenvalue weighted by atomic mass is 10.1. The maximum absolute atomic E-state index is 13.0. The van der Waals surface area contributed by atoms with Crippen LogP contribution in [0.15, 0.2) is 12.4 Å². The second kappa shape index (κ2) is 8.86. The Morgan fingerprint density at radius 2 is 1.72 bits per heavy atom. The van der Waals surface area contributed by atoms with E-state index in [1.165, 1.54) is 25.7 Å². The molecule has 1 atom stereocenters. The van der Waals surface area contributed by atoms with Crippen LogP contribution in [0.3, 0.4) is 0 Å². The Balaban J connectivity index is 1.52. The molecule has 2 aliphatic rings. The van der Waals surface area contributed by atoms with Crippen molar-refractivity contribution in [3.63, 3.8) is 0 Å². The van der Waals surface area contributed by atoms with E-state index in [0.717, 1.165) is 19.4 Å². The third-order valence-corrected chi connectivity index (χ3v) is 6.38. The lowest BCUT2D eigenvalue weighted by molar-refractivity contribution is -0.135. The van der Waals surface area contributed by atoms with Gasteiger partial charge in [-0.3, -0.25) is 19.2 Å². The molecule has 1 unspecified atom stereocenters. The quantitative estimate of drug-likeness (QED) is 0.732. The molecule has 29 heavy (non-hydrogen) atoms. The Kier molecular flexibility index (Phi) is 6.66. The van der Waals surface area contributed by atoms with Gasteiger partial charge in [0, 0.05) is 39.4 Å². The zero-order valence-electron chi connectivity index (χ0n) is 18.7. The first-order chi connectivity index (χ1) is 13.7. The Morgan fingerprint density at radius 3 is 2.34 bits per heavy atom. The molecule has 0 bridgehead atoms. The predicted molar refractivity (Wildman–Crippen MR) is 114 cm³/mol. The van der Waals surface area contributed by atoms with Crippen LogP contribution in [0.2, 0.25) is 0 Å². The van der Waals surface area contributed by atoms with E-state index in [-0.39, 0.29) is 23.4 Å². The van der Waals surface area contributed by atoms with Crippen LogP contribution in [0.4, 0.5) is 0 Å². The second-order valence-corrected chi connectivity index (χ2v) is 9.67. The van der Waals surface area contributed by atoms with Crippen LogP contribution in [0.25, 0.3) is 0 Å². The van der Waals surface area contributed by atoms with Crippen molar-refractivity contribution in [3.8, 4) is 0 Å². The van der Waals surface area contributed by atoms with Gasteiger partial charge in [-0.2, -0.15) is 5.10 Å². The van der Waals surface area contributed by atoms with Crippen LogP contribution in [0.5, 0.6) is 0 Å². The lowest BCUT2D eigenvalue weighted by Crippen LogP contribution is -2.49. The van der Waals surface area contributed by atoms with E-state index in [0.29, 0.717) is 24.7 Å². The summed E-state index contributed by atoms with van der Waals surface area (Å²) in [6.45, 7) is 8.26. The highest BCUT2D eigenvalue weighted by Crippen LogP contribution is 2.30. The summed E-state index contributed by atoms with van der Waals surface area (Å²) in [7, 11) is 3.65. The number of carbonyl (C=O) groups excluding carboxylic acids is 2. The minimum atomic E-state index is -0.157. The highest BCUT2D eigenvalue weighted by atomic mass is 16.2. The molecule has 1 aliphatic carbocycles. The van der Waals surface area contributed by atoms with Gasteiger partial charge in [-0.1, -0.05) is 12.8 Å². The summed E-state index contributed by atoms with van der Waals surface area (Å²) >= 11 is 0. The fourth-order valence-electron chi connectivity index (χ4n) is 4.51. The number of hydrogen-bond acceptors (Lipinski definition) is 4. The van der Waals surface area contributed by atoms with Crippen molar-refractivity contribution in [1.82, 2.24) is 24.5 Å². The molecule has 2 fully saturated rings. The fourth-order valence-corrected chi connectivity index (χ4v) is 4.51. The first kappa shape index (κ1) is 21.8. The van der Waals surface area contributed by atoms with Gasteiger partial charge in [0.2, 0.25) is 5.91 Å². The number of aromatic nitrogens is 2. The summed E-state index contributed by atoms with van der Waals surface area (Å²) in [5.74, 6) is 0.144. The van der Waals surface area contributed by atoms with Crippen molar-refractivity contribution >= 4 is 11.8 Å². The predicted octanol–water partition coefficient (Wildman–Crippen LogP) is 2.58. The average Bonchev–Trinajstić information content (AvgIpc) is 3.43. The molecule has 162 valence electrons. The number of likely N-dealkylation sites (tertiary alicyclic amines) is 1. The molecule has 0 spiro atoms. The van der Waals surface area contributed by atoms with Gasteiger partial charge in [0.15, 0.2) is 0 Å². The number of carbonyl (C=O) groups is 2. The Hall–Kier alpha value is -1.89. The smallest absolute Gasteiger partial charge is 0.256 e. The summed E-state index contributed by atoms with van der Waals surface area (Å²) < 4.78 is 1.81. The number of amides is 2. The van der Waals surface area contributed by atoms with Gasteiger partial charge in [-0.05, 0) is 53.0 Å². The first-order valence-corrected chi connectivity index (χ1v) is 11.0. The zero-order valence-corrected chi connectivity index (χ0v) is 18.7. The topological polar surface area (TPSA) is 61.7 Å². The molecule has 3 rings (SSSR count).